The minimum atomic E-state index is -0.691. The van der Waals surface area contributed by atoms with Crippen LogP contribution in [0.5, 0.6) is 5.75 Å². The van der Waals surface area contributed by atoms with E-state index in [0.717, 1.165) is 48.1 Å². The Morgan fingerprint density at radius 2 is 2.12 bits per heavy atom. The number of unbranched alkanes of at least 4 members (excludes halogenated alkanes) is 4. The van der Waals surface area contributed by atoms with E-state index in [1.165, 1.54) is 25.7 Å². The first kappa shape index (κ1) is 24.4. The van der Waals surface area contributed by atoms with Crippen molar-refractivity contribution in [2.75, 3.05) is 33.3 Å². The summed E-state index contributed by atoms with van der Waals surface area (Å²) in [5.74, 6) is 0.210. The highest BCUT2D eigenvalue weighted by Crippen LogP contribution is 2.28. The van der Waals surface area contributed by atoms with Crippen LogP contribution in [0.25, 0.3) is 10.9 Å². The third-order valence-electron chi connectivity index (χ3n) is 6.52. The Kier molecular flexibility index (Phi) is 9.26. The van der Waals surface area contributed by atoms with Crippen molar-refractivity contribution < 1.29 is 14.6 Å². The van der Waals surface area contributed by atoms with Gasteiger partial charge in [0.15, 0.2) is 0 Å². The van der Waals surface area contributed by atoms with Crippen molar-refractivity contribution in [3.63, 3.8) is 0 Å². The highest BCUT2D eigenvalue weighted by Gasteiger charge is 2.33. The molecule has 7 nitrogen and oxygen atoms in total. The molecule has 1 aromatic carbocycles. The number of benzene rings is 1. The van der Waals surface area contributed by atoms with E-state index in [4.69, 9.17) is 10.5 Å². The molecule has 0 aliphatic carbocycles. The summed E-state index contributed by atoms with van der Waals surface area (Å²) in [6, 6.07) is 7.63. The molecular weight excluding hydrogens is 404 g/mol. The standard InChI is InChI=1S/C25H38N4O3/c1-3-4-5-6-7-12-27-23-11-14-29(16-21(23)25(26)31)17-24(30)19-10-13-28-22-9-8-18(32-2)15-20(19)22/h8-10,13,15,21,23-24,27,30H,3-7,11-12,14,16-17H2,1-2H3,(H2,26,31)/t21-,23+,24+/m1/s1. The van der Waals surface area contributed by atoms with Gasteiger partial charge in [-0.3, -0.25) is 14.7 Å². The molecular formula is C25H38N4O3. The number of hydrogen-bond acceptors (Lipinski definition) is 6. The van der Waals surface area contributed by atoms with Gasteiger partial charge in [0.05, 0.1) is 24.6 Å². The number of pyridine rings is 1. The summed E-state index contributed by atoms with van der Waals surface area (Å²) >= 11 is 0. The first-order chi connectivity index (χ1) is 15.5. The maximum atomic E-state index is 12.2. The molecule has 7 heteroatoms. The van der Waals surface area contributed by atoms with Gasteiger partial charge in [-0.25, -0.2) is 0 Å². The summed E-state index contributed by atoms with van der Waals surface area (Å²) < 4.78 is 5.34. The number of amides is 1. The predicted molar refractivity (Wildman–Crippen MR) is 128 cm³/mol. The van der Waals surface area contributed by atoms with Gasteiger partial charge in [-0.05, 0) is 55.8 Å². The second kappa shape index (κ2) is 12.1. The van der Waals surface area contributed by atoms with Gasteiger partial charge in [-0.2, -0.15) is 0 Å². The fraction of sp³-hybridized carbons (Fsp3) is 0.600. The van der Waals surface area contributed by atoms with Crippen molar-refractivity contribution in [3.8, 4) is 5.75 Å². The average Bonchev–Trinajstić information content (AvgIpc) is 2.81. The van der Waals surface area contributed by atoms with E-state index >= 15 is 0 Å². The lowest BCUT2D eigenvalue weighted by Gasteiger charge is -2.38. The molecule has 2 aromatic rings. The number of rotatable bonds is 12. The van der Waals surface area contributed by atoms with Crippen LogP contribution in [0.3, 0.4) is 0 Å². The molecule has 0 saturated carbocycles. The Bertz CT molecular complexity index is 875. The summed E-state index contributed by atoms with van der Waals surface area (Å²) in [6.07, 6.45) is 8.01. The third kappa shape index (κ3) is 6.40. The minimum absolute atomic E-state index is 0.109. The van der Waals surface area contributed by atoms with Gasteiger partial charge in [0.25, 0.3) is 0 Å². The second-order valence-electron chi connectivity index (χ2n) is 8.83. The lowest BCUT2D eigenvalue weighted by atomic mass is 9.90. The number of likely N-dealkylation sites (tertiary alicyclic amines) is 1. The molecule has 1 aliphatic rings. The number of piperidine rings is 1. The highest BCUT2D eigenvalue weighted by molar-refractivity contribution is 5.83. The molecule has 0 radical (unpaired) electrons. The van der Waals surface area contributed by atoms with E-state index in [2.05, 4.69) is 22.1 Å². The number of aliphatic hydroxyl groups excluding tert-OH is 1. The zero-order valence-corrected chi connectivity index (χ0v) is 19.4. The number of nitrogens with zero attached hydrogens (tertiary/aromatic N) is 2. The quantitative estimate of drug-likeness (QED) is 0.437. The van der Waals surface area contributed by atoms with Gasteiger partial charge in [0, 0.05) is 30.7 Å². The molecule has 1 amide bonds. The Morgan fingerprint density at radius 3 is 2.88 bits per heavy atom. The van der Waals surface area contributed by atoms with E-state index < -0.39 is 6.10 Å². The largest absolute Gasteiger partial charge is 0.497 e. The Morgan fingerprint density at radius 1 is 1.31 bits per heavy atom. The van der Waals surface area contributed by atoms with E-state index in [1.807, 2.05) is 24.3 Å². The van der Waals surface area contributed by atoms with Crippen LogP contribution < -0.4 is 15.8 Å². The zero-order chi connectivity index (χ0) is 22.9. The molecule has 1 aliphatic heterocycles. The lowest BCUT2D eigenvalue weighted by Crippen LogP contribution is -2.54. The summed E-state index contributed by atoms with van der Waals surface area (Å²) in [6.45, 7) is 4.97. The number of nitrogens with two attached hydrogens (primary N) is 1. The van der Waals surface area contributed by atoms with Crippen LogP contribution in [0, 0.1) is 5.92 Å². The topological polar surface area (TPSA) is 101 Å². The van der Waals surface area contributed by atoms with E-state index in [0.29, 0.717) is 13.1 Å². The number of aliphatic hydroxyl groups is 1. The first-order valence-corrected chi connectivity index (χ1v) is 11.9. The van der Waals surface area contributed by atoms with Gasteiger partial charge in [0.1, 0.15) is 5.75 Å². The number of methoxy groups -OCH3 is 1. The van der Waals surface area contributed by atoms with Crippen LogP contribution in [-0.4, -0.2) is 60.2 Å². The molecule has 0 spiro atoms. The monoisotopic (exact) mass is 442 g/mol. The SMILES string of the molecule is CCCCCCCN[C@H]1CCN(C[C@H](O)c2ccnc3ccc(OC)cc23)C[C@H]1C(N)=O. The molecule has 1 fully saturated rings. The number of aromatic nitrogens is 1. The predicted octanol–water partition coefficient (Wildman–Crippen LogP) is 3.01. The summed E-state index contributed by atoms with van der Waals surface area (Å²) in [5.41, 5.74) is 7.38. The normalized spacial score (nSPS) is 20.3. The number of primary amides is 1. The maximum absolute atomic E-state index is 12.2. The molecule has 176 valence electrons. The van der Waals surface area contributed by atoms with Crippen molar-refractivity contribution in [3.05, 3.63) is 36.0 Å². The molecule has 4 N–H and O–H groups in total. The van der Waals surface area contributed by atoms with Gasteiger partial charge >= 0.3 is 0 Å². The van der Waals surface area contributed by atoms with Crippen LogP contribution in [0.1, 0.15) is 57.1 Å². The molecule has 1 saturated heterocycles. The van der Waals surface area contributed by atoms with Crippen molar-refractivity contribution in [1.82, 2.24) is 15.2 Å². The average molecular weight is 443 g/mol. The lowest BCUT2D eigenvalue weighted by molar-refractivity contribution is -0.124. The van der Waals surface area contributed by atoms with Gasteiger partial charge < -0.3 is 20.9 Å². The van der Waals surface area contributed by atoms with Crippen molar-refractivity contribution in [1.29, 1.82) is 0 Å². The van der Waals surface area contributed by atoms with E-state index in [9.17, 15) is 9.90 Å². The number of β-amino-alcohol motifs (C(OH)–C–C–N with tert-alkyl or cyclic N) is 1. The van der Waals surface area contributed by atoms with Crippen molar-refractivity contribution in [2.24, 2.45) is 11.7 Å². The number of ether oxygens (including phenoxy) is 1. The van der Waals surface area contributed by atoms with Crippen LogP contribution in [0.2, 0.25) is 0 Å². The van der Waals surface area contributed by atoms with Gasteiger partial charge in [-0.1, -0.05) is 32.6 Å². The van der Waals surface area contributed by atoms with Gasteiger partial charge in [0.2, 0.25) is 5.91 Å². The van der Waals surface area contributed by atoms with E-state index in [1.54, 1.807) is 13.3 Å². The minimum Gasteiger partial charge on any atom is -0.497 e. The van der Waals surface area contributed by atoms with Crippen LogP contribution in [-0.2, 0) is 4.79 Å². The number of fused-ring (bicyclic) bond motifs is 1. The number of nitrogens with one attached hydrogen (secondary N) is 1. The van der Waals surface area contributed by atoms with Gasteiger partial charge in [-0.15, -0.1) is 0 Å². The van der Waals surface area contributed by atoms with Crippen molar-refractivity contribution in [2.45, 2.75) is 57.6 Å². The van der Waals surface area contributed by atoms with Crippen LogP contribution in [0.4, 0.5) is 0 Å². The van der Waals surface area contributed by atoms with E-state index in [-0.39, 0.29) is 17.9 Å². The van der Waals surface area contributed by atoms with Crippen molar-refractivity contribution >= 4 is 16.8 Å². The molecule has 3 atom stereocenters. The Balaban J connectivity index is 1.59. The summed E-state index contributed by atoms with van der Waals surface area (Å²) in [7, 11) is 1.63. The molecule has 32 heavy (non-hydrogen) atoms. The fourth-order valence-corrected chi connectivity index (χ4v) is 4.64. The number of carbonyl (C=O) groups excluding carboxylic acids is 1. The highest BCUT2D eigenvalue weighted by atomic mass is 16.5. The molecule has 0 bridgehead atoms. The summed E-state index contributed by atoms with van der Waals surface area (Å²) in [5, 5.41) is 15.5. The van der Waals surface area contributed by atoms with Crippen LogP contribution in [0.15, 0.2) is 30.5 Å². The molecule has 2 heterocycles. The first-order valence-electron chi connectivity index (χ1n) is 11.9. The second-order valence-corrected chi connectivity index (χ2v) is 8.83. The molecule has 1 aromatic heterocycles. The number of carbonyl (C=O) groups is 1. The summed E-state index contributed by atoms with van der Waals surface area (Å²) in [4.78, 5) is 18.7. The molecule has 0 unspecified atom stereocenters. The molecule has 3 rings (SSSR count). The number of hydrogen-bond donors (Lipinski definition) is 3. The Labute approximate surface area is 191 Å². The smallest absolute Gasteiger partial charge is 0.223 e. The zero-order valence-electron chi connectivity index (χ0n) is 19.4. The Hall–Kier alpha value is -2.22. The fourth-order valence-electron chi connectivity index (χ4n) is 4.64. The van der Waals surface area contributed by atoms with Crippen LogP contribution >= 0.6 is 0 Å². The third-order valence-corrected chi connectivity index (χ3v) is 6.52. The maximum Gasteiger partial charge on any atom is 0.223 e.